The lowest BCUT2D eigenvalue weighted by molar-refractivity contribution is -0.124. The van der Waals surface area contributed by atoms with Gasteiger partial charge in [0.1, 0.15) is 0 Å². The van der Waals surface area contributed by atoms with Crippen LogP contribution in [0.5, 0.6) is 0 Å². The third-order valence-corrected chi connectivity index (χ3v) is 3.67. The highest BCUT2D eigenvalue weighted by Crippen LogP contribution is 2.20. The first-order chi connectivity index (χ1) is 8.16. The van der Waals surface area contributed by atoms with E-state index in [-0.39, 0.29) is 5.91 Å². The molecule has 1 fully saturated rings. The minimum Gasteiger partial charge on any atom is -0.339 e. The maximum atomic E-state index is 11.8. The Balaban J connectivity index is 2.06. The van der Waals surface area contributed by atoms with Gasteiger partial charge in [0.25, 0.3) is 0 Å². The number of carbonyl (C=O) groups is 1. The molecule has 3 heteroatoms. The topological polar surface area (TPSA) is 20.3 Å². The van der Waals surface area contributed by atoms with Crippen LogP contribution in [0.1, 0.15) is 24.0 Å². The highest BCUT2D eigenvalue weighted by Gasteiger charge is 2.14. The Labute approximate surface area is 110 Å². The van der Waals surface area contributed by atoms with E-state index in [1.807, 2.05) is 30.0 Å². The zero-order valence-corrected chi connectivity index (χ0v) is 11.5. The van der Waals surface area contributed by atoms with Crippen LogP contribution in [0.15, 0.2) is 28.7 Å². The lowest BCUT2D eigenvalue weighted by atomic mass is 10.1. The SMILES string of the molecule is Cc1ccc(C=CC(=O)N2CCCC2)c(Br)c1. The van der Waals surface area contributed by atoms with E-state index in [4.69, 9.17) is 0 Å². The number of rotatable bonds is 2. The summed E-state index contributed by atoms with van der Waals surface area (Å²) in [5.74, 6) is 0.120. The molecule has 90 valence electrons. The Morgan fingerprint density at radius 2 is 2.06 bits per heavy atom. The quantitative estimate of drug-likeness (QED) is 0.766. The second-order valence-corrected chi connectivity index (χ2v) is 5.25. The van der Waals surface area contributed by atoms with Gasteiger partial charge >= 0.3 is 0 Å². The first-order valence-corrected chi connectivity index (χ1v) is 6.69. The minimum atomic E-state index is 0.120. The summed E-state index contributed by atoms with van der Waals surface area (Å²) >= 11 is 3.50. The van der Waals surface area contributed by atoms with E-state index in [2.05, 4.69) is 22.0 Å². The summed E-state index contributed by atoms with van der Waals surface area (Å²) < 4.78 is 1.03. The van der Waals surface area contributed by atoms with Gasteiger partial charge in [0, 0.05) is 23.6 Å². The van der Waals surface area contributed by atoms with Crippen molar-refractivity contribution in [1.82, 2.24) is 4.90 Å². The summed E-state index contributed by atoms with van der Waals surface area (Å²) in [6, 6.07) is 6.12. The van der Waals surface area contributed by atoms with E-state index in [1.54, 1.807) is 6.08 Å². The summed E-state index contributed by atoms with van der Waals surface area (Å²) in [5, 5.41) is 0. The number of halogens is 1. The highest BCUT2D eigenvalue weighted by atomic mass is 79.9. The van der Waals surface area contributed by atoms with Gasteiger partial charge in [0.05, 0.1) is 0 Å². The molecular weight excluding hydrogens is 278 g/mol. The standard InChI is InChI=1S/C14H16BrNO/c1-11-4-5-12(13(15)10-11)6-7-14(17)16-8-2-3-9-16/h4-7,10H,2-3,8-9H2,1H3. The van der Waals surface area contributed by atoms with Gasteiger partial charge in [-0.15, -0.1) is 0 Å². The molecule has 0 N–H and O–H groups in total. The first kappa shape index (κ1) is 12.4. The molecule has 1 aromatic carbocycles. The van der Waals surface area contributed by atoms with Crippen LogP contribution in [0, 0.1) is 6.92 Å². The van der Waals surface area contributed by atoms with E-state index < -0.39 is 0 Å². The molecule has 0 saturated carbocycles. The van der Waals surface area contributed by atoms with Gasteiger partial charge in [0.2, 0.25) is 5.91 Å². The van der Waals surface area contributed by atoms with E-state index in [1.165, 1.54) is 5.56 Å². The largest absolute Gasteiger partial charge is 0.339 e. The van der Waals surface area contributed by atoms with E-state index in [0.29, 0.717) is 0 Å². The molecule has 1 aromatic rings. The number of likely N-dealkylation sites (tertiary alicyclic amines) is 1. The molecule has 0 unspecified atom stereocenters. The summed E-state index contributed by atoms with van der Waals surface area (Å²) in [5.41, 5.74) is 2.25. The molecule has 0 atom stereocenters. The Morgan fingerprint density at radius 3 is 2.71 bits per heavy atom. The van der Waals surface area contributed by atoms with Crippen molar-refractivity contribution in [3.05, 3.63) is 39.9 Å². The maximum Gasteiger partial charge on any atom is 0.246 e. The number of hydrogen-bond donors (Lipinski definition) is 0. The van der Waals surface area contributed by atoms with Gasteiger partial charge in [-0.25, -0.2) is 0 Å². The molecule has 2 nitrogen and oxygen atoms in total. The zero-order chi connectivity index (χ0) is 12.3. The molecule has 0 spiro atoms. The molecular formula is C14H16BrNO. The van der Waals surface area contributed by atoms with Crippen LogP contribution in [0.25, 0.3) is 6.08 Å². The average Bonchev–Trinajstić information content (AvgIpc) is 2.81. The van der Waals surface area contributed by atoms with Crippen LogP contribution < -0.4 is 0 Å². The van der Waals surface area contributed by atoms with Gasteiger partial charge in [-0.1, -0.05) is 28.1 Å². The molecule has 1 amide bonds. The van der Waals surface area contributed by atoms with Gasteiger partial charge in [-0.2, -0.15) is 0 Å². The van der Waals surface area contributed by atoms with Crippen molar-refractivity contribution in [3.8, 4) is 0 Å². The molecule has 1 saturated heterocycles. The Hall–Kier alpha value is -1.09. The number of benzene rings is 1. The number of aryl methyl sites for hydroxylation is 1. The van der Waals surface area contributed by atoms with Crippen LogP contribution in [0.4, 0.5) is 0 Å². The van der Waals surface area contributed by atoms with Gasteiger partial charge in [0.15, 0.2) is 0 Å². The molecule has 2 rings (SSSR count). The van der Waals surface area contributed by atoms with Crippen LogP contribution in [0.2, 0.25) is 0 Å². The third-order valence-electron chi connectivity index (χ3n) is 2.98. The number of nitrogens with zero attached hydrogens (tertiary/aromatic N) is 1. The van der Waals surface area contributed by atoms with Crippen LogP contribution in [-0.2, 0) is 4.79 Å². The van der Waals surface area contributed by atoms with Gasteiger partial charge in [-0.3, -0.25) is 4.79 Å². The summed E-state index contributed by atoms with van der Waals surface area (Å²) in [7, 11) is 0. The van der Waals surface area contributed by atoms with Crippen LogP contribution >= 0.6 is 15.9 Å². The average molecular weight is 294 g/mol. The predicted octanol–water partition coefficient (Wildman–Crippen LogP) is 3.39. The van der Waals surface area contributed by atoms with Crippen molar-refractivity contribution in [2.45, 2.75) is 19.8 Å². The molecule has 1 aliphatic rings. The second-order valence-electron chi connectivity index (χ2n) is 4.39. The first-order valence-electron chi connectivity index (χ1n) is 5.90. The van der Waals surface area contributed by atoms with E-state index >= 15 is 0 Å². The van der Waals surface area contributed by atoms with Crippen molar-refractivity contribution in [2.75, 3.05) is 13.1 Å². The van der Waals surface area contributed by atoms with E-state index in [9.17, 15) is 4.79 Å². The Morgan fingerprint density at radius 1 is 1.35 bits per heavy atom. The molecule has 0 radical (unpaired) electrons. The summed E-state index contributed by atoms with van der Waals surface area (Å²) in [6.07, 6.45) is 5.81. The van der Waals surface area contributed by atoms with Crippen molar-refractivity contribution in [2.24, 2.45) is 0 Å². The molecule has 0 bridgehead atoms. The minimum absolute atomic E-state index is 0.120. The van der Waals surface area contributed by atoms with E-state index in [0.717, 1.165) is 36.0 Å². The smallest absolute Gasteiger partial charge is 0.246 e. The van der Waals surface area contributed by atoms with Crippen LogP contribution in [0.3, 0.4) is 0 Å². The summed E-state index contributed by atoms with van der Waals surface area (Å²) in [4.78, 5) is 13.7. The number of carbonyl (C=O) groups excluding carboxylic acids is 1. The number of amides is 1. The lowest BCUT2D eigenvalue weighted by Crippen LogP contribution is -2.25. The highest BCUT2D eigenvalue weighted by molar-refractivity contribution is 9.10. The fourth-order valence-corrected chi connectivity index (χ4v) is 2.60. The van der Waals surface area contributed by atoms with Crippen molar-refractivity contribution in [3.63, 3.8) is 0 Å². The predicted molar refractivity (Wildman–Crippen MR) is 73.7 cm³/mol. The van der Waals surface area contributed by atoms with Crippen molar-refractivity contribution < 1.29 is 4.79 Å². The maximum absolute atomic E-state index is 11.8. The molecule has 17 heavy (non-hydrogen) atoms. The van der Waals surface area contributed by atoms with Gasteiger partial charge in [-0.05, 0) is 43.0 Å². The molecule has 0 aliphatic carbocycles. The normalized spacial score (nSPS) is 15.8. The third kappa shape index (κ3) is 3.19. The monoisotopic (exact) mass is 293 g/mol. The van der Waals surface area contributed by atoms with Crippen LogP contribution in [-0.4, -0.2) is 23.9 Å². The zero-order valence-electron chi connectivity index (χ0n) is 9.95. The van der Waals surface area contributed by atoms with Gasteiger partial charge < -0.3 is 4.90 Å². The van der Waals surface area contributed by atoms with Crippen molar-refractivity contribution >= 4 is 27.9 Å². The molecule has 1 heterocycles. The Kier molecular flexibility index (Phi) is 4.00. The fraction of sp³-hybridized carbons (Fsp3) is 0.357. The lowest BCUT2D eigenvalue weighted by Gasteiger charge is -2.11. The second kappa shape index (κ2) is 5.50. The summed E-state index contributed by atoms with van der Waals surface area (Å²) in [6.45, 7) is 3.85. The number of hydrogen-bond acceptors (Lipinski definition) is 1. The fourth-order valence-electron chi connectivity index (χ4n) is 1.97. The molecule has 0 aromatic heterocycles. The van der Waals surface area contributed by atoms with Crippen molar-refractivity contribution in [1.29, 1.82) is 0 Å². The molecule has 1 aliphatic heterocycles. The Bertz CT molecular complexity index is 448.